The van der Waals surface area contributed by atoms with E-state index in [1.807, 2.05) is 11.0 Å². The molecule has 3 aromatic rings. The molecule has 2 aromatic carbocycles. The van der Waals surface area contributed by atoms with Gasteiger partial charge in [0.15, 0.2) is 0 Å². The SMILES string of the molecule is Cc1cccc(CCNCCC(=O)N(CCNCCc2ccc(O)c3[nH]c(=O)sc23)CC(C)(C)C)c1. The number of thiazole rings is 1. The Morgan fingerprint density at radius 3 is 2.56 bits per heavy atom. The first-order valence-electron chi connectivity index (χ1n) is 12.7. The fraction of sp³-hybridized carbons (Fsp3) is 0.500. The zero-order chi connectivity index (χ0) is 26.1. The number of rotatable bonds is 13. The number of hydrogen-bond acceptors (Lipinski definition) is 6. The van der Waals surface area contributed by atoms with Gasteiger partial charge in [0.05, 0.1) is 4.70 Å². The molecule has 4 N–H and O–H groups in total. The van der Waals surface area contributed by atoms with Gasteiger partial charge < -0.3 is 25.6 Å². The van der Waals surface area contributed by atoms with Gasteiger partial charge in [-0.05, 0) is 55.5 Å². The molecule has 0 fully saturated rings. The molecule has 7 nitrogen and oxygen atoms in total. The number of aromatic amines is 1. The number of aromatic nitrogens is 1. The molecule has 0 spiro atoms. The van der Waals surface area contributed by atoms with E-state index < -0.39 is 0 Å². The van der Waals surface area contributed by atoms with Crippen LogP contribution in [0.1, 0.15) is 43.9 Å². The normalized spacial score (nSPS) is 11.8. The molecule has 0 bridgehead atoms. The Labute approximate surface area is 217 Å². The average molecular weight is 513 g/mol. The number of carbonyl (C=O) groups is 1. The number of phenols is 1. The largest absolute Gasteiger partial charge is 0.506 e. The fourth-order valence-electron chi connectivity index (χ4n) is 4.28. The van der Waals surface area contributed by atoms with Crippen LogP contribution in [-0.2, 0) is 17.6 Å². The van der Waals surface area contributed by atoms with E-state index in [0.717, 1.165) is 47.5 Å². The molecular weight excluding hydrogens is 472 g/mol. The summed E-state index contributed by atoms with van der Waals surface area (Å²) in [6.07, 6.45) is 2.18. The van der Waals surface area contributed by atoms with E-state index in [1.165, 1.54) is 11.1 Å². The fourth-order valence-corrected chi connectivity index (χ4v) is 5.17. The molecule has 0 saturated heterocycles. The number of amides is 1. The molecule has 0 radical (unpaired) electrons. The van der Waals surface area contributed by atoms with E-state index in [2.05, 4.69) is 67.6 Å². The number of fused-ring (bicyclic) bond motifs is 1. The number of aromatic hydroxyl groups is 1. The van der Waals surface area contributed by atoms with Gasteiger partial charge in [0.25, 0.3) is 0 Å². The molecule has 0 aliphatic heterocycles. The Hall–Kier alpha value is -2.68. The van der Waals surface area contributed by atoms with Crippen LogP contribution in [0.15, 0.2) is 41.2 Å². The van der Waals surface area contributed by atoms with Crippen LogP contribution in [-0.4, -0.2) is 60.2 Å². The van der Waals surface area contributed by atoms with Crippen molar-refractivity contribution in [3.05, 3.63) is 62.8 Å². The summed E-state index contributed by atoms with van der Waals surface area (Å²) < 4.78 is 0.807. The lowest BCUT2D eigenvalue weighted by Crippen LogP contribution is -2.42. The number of H-pyrrole nitrogens is 1. The van der Waals surface area contributed by atoms with Crippen LogP contribution >= 0.6 is 11.3 Å². The van der Waals surface area contributed by atoms with Crippen molar-refractivity contribution < 1.29 is 9.90 Å². The third-order valence-corrected chi connectivity index (χ3v) is 6.93. The lowest BCUT2D eigenvalue weighted by Gasteiger charge is -2.30. The summed E-state index contributed by atoms with van der Waals surface area (Å²) in [5.74, 6) is 0.271. The van der Waals surface area contributed by atoms with Gasteiger partial charge in [0.2, 0.25) is 5.91 Å². The predicted octanol–water partition coefficient (Wildman–Crippen LogP) is 3.83. The summed E-state index contributed by atoms with van der Waals surface area (Å²) in [7, 11) is 0. The Morgan fingerprint density at radius 2 is 1.81 bits per heavy atom. The Balaban J connectivity index is 1.42. The molecular formula is C28H40N4O3S. The molecule has 1 amide bonds. The van der Waals surface area contributed by atoms with E-state index in [9.17, 15) is 14.7 Å². The number of carbonyl (C=O) groups excluding carboxylic acids is 1. The average Bonchev–Trinajstić information content (AvgIpc) is 3.21. The minimum atomic E-state index is -0.165. The first kappa shape index (κ1) is 27.9. The molecule has 0 aliphatic rings. The van der Waals surface area contributed by atoms with Crippen molar-refractivity contribution in [1.82, 2.24) is 20.5 Å². The molecule has 1 aromatic heterocycles. The predicted molar refractivity (Wildman–Crippen MR) is 149 cm³/mol. The molecule has 0 saturated carbocycles. The van der Waals surface area contributed by atoms with Crippen molar-refractivity contribution >= 4 is 27.5 Å². The van der Waals surface area contributed by atoms with Crippen molar-refractivity contribution in [2.45, 2.75) is 47.0 Å². The maximum absolute atomic E-state index is 13.0. The van der Waals surface area contributed by atoms with E-state index in [1.54, 1.807) is 6.07 Å². The van der Waals surface area contributed by atoms with Gasteiger partial charge in [-0.3, -0.25) is 9.59 Å². The zero-order valence-electron chi connectivity index (χ0n) is 21.9. The van der Waals surface area contributed by atoms with Gasteiger partial charge in [-0.1, -0.05) is 68.0 Å². The van der Waals surface area contributed by atoms with Gasteiger partial charge >= 0.3 is 4.87 Å². The second-order valence-corrected chi connectivity index (χ2v) is 11.6. The maximum Gasteiger partial charge on any atom is 0.305 e. The number of benzene rings is 2. The van der Waals surface area contributed by atoms with Gasteiger partial charge in [0, 0.05) is 32.6 Å². The van der Waals surface area contributed by atoms with Crippen LogP contribution in [0.2, 0.25) is 0 Å². The quantitative estimate of drug-likeness (QED) is 0.261. The highest BCUT2D eigenvalue weighted by Crippen LogP contribution is 2.27. The van der Waals surface area contributed by atoms with Crippen molar-refractivity contribution in [3.8, 4) is 5.75 Å². The zero-order valence-corrected chi connectivity index (χ0v) is 22.8. The monoisotopic (exact) mass is 512 g/mol. The summed E-state index contributed by atoms with van der Waals surface area (Å²) >= 11 is 1.12. The van der Waals surface area contributed by atoms with Crippen molar-refractivity contribution in [3.63, 3.8) is 0 Å². The van der Waals surface area contributed by atoms with Crippen molar-refractivity contribution in [1.29, 1.82) is 0 Å². The topological polar surface area (TPSA) is 97.5 Å². The summed E-state index contributed by atoms with van der Waals surface area (Å²) in [4.78, 5) is 29.2. The summed E-state index contributed by atoms with van der Waals surface area (Å²) in [6.45, 7) is 12.9. The van der Waals surface area contributed by atoms with Crippen LogP contribution in [0, 0.1) is 12.3 Å². The van der Waals surface area contributed by atoms with E-state index >= 15 is 0 Å². The summed E-state index contributed by atoms with van der Waals surface area (Å²) in [5.41, 5.74) is 4.15. The third kappa shape index (κ3) is 8.76. The van der Waals surface area contributed by atoms with Gasteiger partial charge in [-0.15, -0.1) is 0 Å². The van der Waals surface area contributed by atoms with Crippen LogP contribution in [0.5, 0.6) is 5.75 Å². The molecule has 1 heterocycles. The van der Waals surface area contributed by atoms with Crippen LogP contribution in [0.25, 0.3) is 10.2 Å². The van der Waals surface area contributed by atoms with Crippen LogP contribution in [0.4, 0.5) is 0 Å². The Kier molecular flexibility index (Phi) is 10.1. The lowest BCUT2D eigenvalue weighted by molar-refractivity contribution is -0.132. The number of hydrogen-bond donors (Lipinski definition) is 4. The Morgan fingerprint density at radius 1 is 1.06 bits per heavy atom. The van der Waals surface area contributed by atoms with E-state index in [-0.39, 0.29) is 21.9 Å². The first-order chi connectivity index (χ1) is 17.1. The van der Waals surface area contributed by atoms with Gasteiger partial charge in [-0.25, -0.2) is 0 Å². The molecule has 3 rings (SSSR count). The minimum Gasteiger partial charge on any atom is -0.506 e. The van der Waals surface area contributed by atoms with E-state index in [4.69, 9.17) is 0 Å². The molecule has 0 atom stereocenters. The first-order valence-corrected chi connectivity index (χ1v) is 13.5. The van der Waals surface area contributed by atoms with Crippen molar-refractivity contribution in [2.24, 2.45) is 5.41 Å². The lowest BCUT2D eigenvalue weighted by atomic mass is 9.96. The highest BCUT2D eigenvalue weighted by molar-refractivity contribution is 7.16. The number of phenolic OH excluding ortho intramolecular Hbond substituents is 1. The summed E-state index contributed by atoms with van der Waals surface area (Å²) in [6, 6.07) is 12.0. The number of nitrogens with zero attached hydrogens (tertiary/aromatic N) is 1. The highest BCUT2D eigenvalue weighted by Gasteiger charge is 2.20. The summed E-state index contributed by atoms with van der Waals surface area (Å²) in [5, 5.41) is 16.8. The highest BCUT2D eigenvalue weighted by atomic mass is 32.1. The van der Waals surface area contributed by atoms with Crippen molar-refractivity contribution in [2.75, 3.05) is 39.3 Å². The smallest absolute Gasteiger partial charge is 0.305 e. The van der Waals surface area contributed by atoms with Crippen LogP contribution < -0.4 is 15.5 Å². The number of aryl methyl sites for hydroxylation is 1. The molecule has 36 heavy (non-hydrogen) atoms. The molecule has 8 heteroatoms. The third-order valence-electron chi connectivity index (χ3n) is 5.98. The minimum absolute atomic E-state index is 0.0254. The molecule has 0 unspecified atom stereocenters. The van der Waals surface area contributed by atoms with Gasteiger partial charge in [-0.2, -0.15) is 0 Å². The molecule has 196 valence electrons. The maximum atomic E-state index is 13.0. The molecule has 0 aliphatic carbocycles. The second-order valence-electron chi connectivity index (χ2n) is 10.6. The standard InChI is InChI=1S/C28H40N4O3S/c1-20-6-5-7-21(18-20)10-13-29-15-12-24(34)32(19-28(2,3)4)17-16-30-14-11-22-8-9-23(33)25-26(22)36-27(35)31-25/h5-9,18,29-30,33H,10-17,19H2,1-4H3,(H,31,35). The van der Waals surface area contributed by atoms with E-state index in [0.29, 0.717) is 38.1 Å². The number of nitrogens with one attached hydrogen (secondary N) is 3. The van der Waals surface area contributed by atoms with Gasteiger partial charge in [0.1, 0.15) is 11.3 Å². The Bertz CT molecular complexity index is 1200. The van der Waals surface area contributed by atoms with Crippen LogP contribution in [0.3, 0.4) is 0 Å². The second kappa shape index (κ2) is 13.0.